The zero-order chi connectivity index (χ0) is 12.6. The Bertz CT molecular complexity index is 625. The topological polar surface area (TPSA) is 75.2 Å². The third-order valence-corrected chi connectivity index (χ3v) is 2.23. The van der Waals surface area contributed by atoms with E-state index >= 15 is 0 Å². The van der Waals surface area contributed by atoms with Crippen LogP contribution in [0.5, 0.6) is 11.5 Å². The summed E-state index contributed by atoms with van der Waals surface area (Å²) in [7, 11) is 1.31. The number of halogens is 2. The minimum absolute atomic E-state index is 0.0210. The van der Waals surface area contributed by atoms with Gasteiger partial charge in [0.05, 0.1) is 18.0 Å². The first-order chi connectivity index (χ1) is 8.02. The Balaban J connectivity index is 2.78. The molecule has 17 heavy (non-hydrogen) atoms. The fraction of sp³-hybridized carbons (Fsp3) is 0.200. The fourth-order valence-corrected chi connectivity index (χ4v) is 1.44. The lowest BCUT2D eigenvalue weighted by Gasteiger charge is -2.06. The highest BCUT2D eigenvalue weighted by atomic mass is 19.3. The minimum Gasteiger partial charge on any atom is -0.504 e. The molecule has 0 unspecified atom stereocenters. The number of rotatable bonds is 2. The number of hydrogen-bond acceptors (Lipinski definition) is 4. The van der Waals surface area contributed by atoms with Crippen molar-refractivity contribution in [2.45, 2.75) is 6.43 Å². The van der Waals surface area contributed by atoms with Gasteiger partial charge in [0.15, 0.2) is 17.3 Å². The summed E-state index contributed by atoms with van der Waals surface area (Å²) in [4.78, 5) is 17.0. The molecule has 0 saturated carbocycles. The summed E-state index contributed by atoms with van der Waals surface area (Å²) in [5.41, 5.74) is -0.693. The van der Waals surface area contributed by atoms with Crippen LogP contribution < -0.4 is 10.3 Å². The number of nitrogens with one attached hydrogen (secondary N) is 1. The van der Waals surface area contributed by atoms with Crippen molar-refractivity contribution in [1.82, 2.24) is 9.97 Å². The summed E-state index contributed by atoms with van der Waals surface area (Å²) < 4.78 is 29.7. The largest absolute Gasteiger partial charge is 0.504 e. The molecule has 90 valence electrons. The fourth-order valence-electron chi connectivity index (χ4n) is 1.44. The van der Waals surface area contributed by atoms with Crippen LogP contribution in [0.1, 0.15) is 12.2 Å². The number of phenols is 1. The van der Waals surface area contributed by atoms with Gasteiger partial charge >= 0.3 is 0 Å². The molecule has 0 aliphatic carbocycles. The zero-order valence-electron chi connectivity index (χ0n) is 8.70. The highest BCUT2D eigenvalue weighted by Gasteiger charge is 2.14. The molecule has 0 saturated heterocycles. The summed E-state index contributed by atoms with van der Waals surface area (Å²) in [6, 6.07) is 2.35. The second-order valence-electron chi connectivity index (χ2n) is 3.29. The SMILES string of the molecule is COc1cc2nc(C(F)F)[nH]c(=O)c2cc1O. The van der Waals surface area contributed by atoms with Crippen molar-refractivity contribution in [2.24, 2.45) is 0 Å². The van der Waals surface area contributed by atoms with Crippen molar-refractivity contribution in [3.05, 3.63) is 28.3 Å². The predicted molar refractivity (Wildman–Crippen MR) is 55.5 cm³/mol. The lowest BCUT2D eigenvalue weighted by molar-refractivity contribution is 0.140. The number of alkyl halides is 2. The first-order valence-electron chi connectivity index (χ1n) is 4.62. The summed E-state index contributed by atoms with van der Waals surface area (Å²) in [6.07, 6.45) is -2.87. The maximum Gasteiger partial charge on any atom is 0.295 e. The molecule has 2 N–H and O–H groups in total. The maximum absolute atomic E-state index is 12.4. The average molecular weight is 242 g/mol. The number of aromatic amines is 1. The second-order valence-corrected chi connectivity index (χ2v) is 3.29. The van der Waals surface area contributed by atoms with Crippen LogP contribution in [-0.2, 0) is 0 Å². The Morgan fingerprint density at radius 2 is 2.18 bits per heavy atom. The van der Waals surface area contributed by atoms with Crippen molar-refractivity contribution in [3.8, 4) is 11.5 Å². The van der Waals surface area contributed by atoms with Gasteiger partial charge in [-0.3, -0.25) is 4.79 Å². The van der Waals surface area contributed by atoms with Gasteiger partial charge in [0.25, 0.3) is 12.0 Å². The normalized spacial score (nSPS) is 11.1. The number of methoxy groups -OCH3 is 1. The van der Waals surface area contributed by atoms with Gasteiger partial charge in [0, 0.05) is 6.07 Å². The molecule has 7 heteroatoms. The number of phenolic OH excluding ortho intramolecular Hbond substituents is 1. The molecule has 1 aromatic carbocycles. The molecular formula is C10H8F2N2O3. The van der Waals surface area contributed by atoms with Gasteiger partial charge in [0.1, 0.15) is 0 Å². The van der Waals surface area contributed by atoms with Gasteiger partial charge in [-0.1, -0.05) is 0 Å². The van der Waals surface area contributed by atoms with E-state index in [9.17, 15) is 18.7 Å². The monoisotopic (exact) mass is 242 g/mol. The Morgan fingerprint density at radius 3 is 2.76 bits per heavy atom. The Kier molecular flexibility index (Phi) is 2.66. The lowest BCUT2D eigenvalue weighted by Crippen LogP contribution is -2.12. The third kappa shape index (κ3) is 1.91. The maximum atomic E-state index is 12.4. The van der Waals surface area contributed by atoms with Crippen LogP contribution in [0.25, 0.3) is 10.9 Å². The number of ether oxygens (including phenoxy) is 1. The molecule has 0 spiro atoms. The van der Waals surface area contributed by atoms with Gasteiger partial charge in [-0.2, -0.15) is 0 Å². The van der Waals surface area contributed by atoms with E-state index in [1.165, 1.54) is 13.2 Å². The third-order valence-electron chi connectivity index (χ3n) is 2.23. The number of nitrogens with zero attached hydrogens (tertiary/aromatic N) is 1. The molecule has 0 amide bonds. The summed E-state index contributed by atoms with van der Waals surface area (Å²) in [6.45, 7) is 0. The molecule has 1 heterocycles. The second kappa shape index (κ2) is 4.00. The molecule has 0 radical (unpaired) electrons. The average Bonchev–Trinajstić information content (AvgIpc) is 2.29. The van der Waals surface area contributed by atoms with E-state index in [-0.39, 0.29) is 22.4 Å². The molecule has 0 atom stereocenters. The van der Waals surface area contributed by atoms with Gasteiger partial charge < -0.3 is 14.8 Å². The van der Waals surface area contributed by atoms with Crippen LogP contribution in [0.2, 0.25) is 0 Å². The van der Waals surface area contributed by atoms with Crippen LogP contribution in [0.15, 0.2) is 16.9 Å². The molecule has 5 nitrogen and oxygen atoms in total. The highest BCUT2D eigenvalue weighted by Crippen LogP contribution is 2.29. The molecule has 0 aliphatic heterocycles. The molecular weight excluding hydrogens is 234 g/mol. The van der Waals surface area contributed by atoms with Gasteiger partial charge in [-0.15, -0.1) is 0 Å². The standard InChI is InChI=1S/C10H8F2N2O3/c1-17-7-3-5-4(2-6(7)15)10(16)14-9(13-5)8(11)12/h2-3,8,15H,1H3,(H,13,14,16). The van der Waals surface area contributed by atoms with Crippen LogP contribution in [-0.4, -0.2) is 22.2 Å². The quantitative estimate of drug-likeness (QED) is 0.838. The van der Waals surface area contributed by atoms with Crippen molar-refractivity contribution < 1.29 is 18.6 Å². The highest BCUT2D eigenvalue weighted by molar-refractivity contribution is 5.81. The molecule has 1 aromatic heterocycles. The van der Waals surface area contributed by atoms with E-state index in [0.717, 1.165) is 6.07 Å². The van der Waals surface area contributed by atoms with Crippen molar-refractivity contribution in [3.63, 3.8) is 0 Å². The smallest absolute Gasteiger partial charge is 0.295 e. The van der Waals surface area contributed by atoms with Crippen molar-refractivity contribution >= 4 is 10.9 Å². The first-order valence-corrected chi connectivity index (χ1v) is 4.62. The summed E-state index contributed by atoms with van der Waals surface area (Å²) in [5, 5.41) is 9.48. The number of aromatic hydroxyl groups is 1. The van der Waals surface area contributed by atoms with E-state index in [2.05, 4.69) is 4.98 Å². The van der Waals surface area contributed by atoms with Crippen LogP contribution >= 0.6 is 0 Å². The minimum atomic E-state index is -2.87. The number of fused-ring (bicyclic) bond motifs is 1. The van der Waals surface area contributed by atoms with Crippen LogP contribution in [0.3, 0.4) is 0 Å². The number of aromatic nitrogens is 2. The Hall–Kier alpha value is -2.18. The Labute approximate surface area is 93.7 Å². The number of H-pyrrole nitrogens is 1. The van der Waals surface area contributed by atoms with E-state index in [0.29, 0.717) is 0 Å². The van der Waals surface area contributed by atoms with E-state index in [1.54, 1.807) is 0 Å². The van der Waals surface area contributed by atoms with Gasteiger partial charge in [-0.25, -0.2) is 13.8 Å². The van der Waals surface area contributed by atoms with Crippen molar-refractivity contribution in [2.75, 3.05) is 7.11 Å². The molecule has 2 aromatic rings. The van der Waals surface area contributed by atoms with Crippen molar-refractivity contribution in [1.29, 1.82) is 0 Å². The van der Waals surface area contributed by atoms with E-state index in [4.69, 9.17) is 4.74 Å². The summed E-state index contributed by atoms with van der Waals surface area (Å²) in [5.74, 6) is -0.900. The molecule has 0 bridgehead atoms. The predicted octanol–water partition coefficient (Wildman–Crippen LogP) is 1.57. The number of benzene rings is 1. The first kappa shape index (κ1) is 11.3. The van der Waals surface area contributed by atoms with Crippen LogP contribution in [0.4, 0.5) is 8.78 Å². The van der Waals surface area contributed by atoms with Crippen LogP contribution in [0, 0.1) is 0 Å². The van der Waals surface area contributed by atoms with E-state index < -0.39 is 17.8 Å². The molecule has 0 aliphatic rings. The Morgan fingerprint density at radius 1 is 1.47 bits per heavy atom. The van der Waals surface area contributed by atoms with Gasteiger partial charge in [0.2, 0.25) is 0 Å². The summed E-state index contributed by atoms with van der Waals surface area (Å²) >= 11 is 0. The van der Waals surface area contributed by atoms with Gasteiger partial charge in [-0.05, 0) is 6.07 Å². The molecule has 2 rings (SSSR count). The lowest BCUT2D eigenvalue weighted by atomic mass is 10.2. The zero-order valence-corrected chi connectivity index (χ0v) is 8.70. The number of hydrogen-bond donors (Lipinski definition) is 2. The van der Waals surface area contributed by atoms with E-state index in [1.807, 2.05) is 4.98 Å². The molecule has 0 fully saturated rings.